The third-order valence-electron chi connectivity index (χ3n) is 3.35. The standard InChI is InChI=1S/C14H18FNO3/c15-12-7-9(11-6-10(11)8-14(17)18)2-3-13(12)19-5-1-4-16/h2-3,7,10-11H,1,4-6,8,16H2,(H,17,18). The first-order chi connectivity index (χ1) is 9.11. The summed E-state index contributed by atoms with van der Waals surface area (Å²) in [6.45, 7) is 0.913. The van der Waals surface area contributed by atoms with Crippen LogP contribution in [0.1, 0.15) is 30.7 Å². The summed E-state index contributed by atoms with van der Waals surface area (Å²) in [4.78, 5) is 10.6. The molecule has 0 aromatic heterocycles. The predicted molar refractivity (Wildman–Crippen MR) is 68.7 cm³/mol. The SMILES string of the molecule is NCCCOc1ccc(C2CC2CC(=O)O)cc1F. The number of carboxylic acids is 1. The van der Waals surface area contributed by atoms with Gasteiger partial charge >= 0.3 is 5.97 Å². The molecule has 0 bridgehead atoms. The Bertz CT molecular complexity index is 464. The zero-order valence-corrected chi connectivity index (χ0v) is 10.6. The maximum Gasteiger partial charge on any atom is 0.303 e. The number of hydrogen-bond donors (Lipinski definition) is 2. The monoisotopic (exact) mass is 267 g/mol. The second kappa shape index (κ2) is 6.02. The summed E-state index contributed by atoms with van der Waals surface area (Å²) in [6, 6.07) is 4.87. The number of halogens is 1. The molecule has 1 fully saturated rings. The van der Waals surface area contributed by atoms with Crippen molar-refractivity contribution in [2.24, 2.45) is 11.7 Å². The van der Waals surface area contributed by atoms with Crippen molar-refractivity contribution >= 4 is 5.97 Å². The first-order valence-corrected chi connectivity index (χ1v) is 6.46. The van der Waals surface area contributed by atoms with Crippen LogP contribution in [0.5, 0.6) is 5.75 Å². The molecule has 2 rings (SSSR count). The van der Waals surface area contributed by atoms with E-state index in [4.69, 9.17) is 15.6 Å². The number of ether oxygens (including phenoxy) is 1. The van der Waals surface area contributed by atoms with Crippen molar-refractivity contribution in [3.05, 3.63) is 29.6 Å². The molecule has 1 aromatic carbocycles. The predicted octanol–water partition coefficient (Wildman–Crippen LogP) is 2.13. The topological polar surface area (TPSA) is 72.5 Å². The van der Waals surface area contributed by atoms with E-state index >= 15 is 0 Å². The fourth-order valence-corrected chi connectivity index (χ4v) is 2.24. The van der Waals surface area contributed by atoms with Crippen molar-refractivity contribution in [3.63, 3.8) is 0 Å². The fraction of sp³-hybridized carbons (Fsp3) is 0.500. The molecule has 1 aliphatic rings. The van der Waals surface area contributed by atoms with E-state index in [1.807, 2.05) is 6.07 Å². The van der Waals surface area contributed by atoms with E-state index in [0.29, 0.717) is 19.6 Å². The zero-order valence-electron chi connectivity index (χ0n) is 10.6. The van der Waals surface area contributed by atoms with Gasteiger partial charge in [0.15, 0.2) is 11.6 Å². The van der Waals surface area contributed by atoms with Crippen molar-refractivity contribution in [3.8, 4) is 5.75 Å². The number of benzene rings is 1. The van der Waals surface area contributed by atoms with Gasteiger partial charge in [0.2, 0.25) is 0 Å². The molecule has 0 radical (unpaired) electrons. The van der Waals surface area contributed by atoms with Crippen molar-refractivity contribution in [1.82, 2.24) is 0 Å². The Morgan fingerprint density at radius 1 is 1.53 bits per heavy atom. The molecule has 0 saturated heterocycles. The third kappa shape index (κ3) is 3.67. The van der Waals surface area contributed by atoms with Gasteiger partial charge in [0.05, 0.1) is 6.61 Å². The number of hydrogen-bond acceptors (Lipinski definition) is 3. The normalized spacial score (nSPS) is 21.2. The molecular formula is C14H18FNO3. The second-order valence-corrected chi connectivity index (χ2v) is 4.88. The maximum absolute atomic E-state index is 13.8. The van der Waals surface area contributed by atoms with Gasteiger partial charge in [-0.05, 0) is 48.9 Å². The van der Waals surface area contributed by atoms with Crippen LogP contribution in [-0.4, -0.2) is 24.2 Å². The summed E-state index contributed by atoms with van der Waals surface area (Å²) in [5, 5.41) is 8.70. The van der Waals surface area contributed by atoms with Crippen LogP contribution in [0, 0.1) is 11.7 Å². The minimum absolute atomic E-state index is 0.140. The molecule has 0 spiro atoms. The highest BCUT2D eigenvalue weighted by Gasteiger charge is 2.39. The lowest BCUT2D eigenvalue weighted by atomic mass is 10.1. The quantitative estimate of drug-likeness (QED) is 0.742. The summed E-state index contributed by atoms with van der Waals surface area (Å²) < 4.78 is 19.1. The van der Waals surface area contributed by atoms with Crippen molar-refractivity contribution in [2.75, 3.05) is 13.2 Å². The van der Waals surface area contributed by atoms with Crippen molar-refractivity contribution in [2.45, 2.75) is 25.2 Å². The van der Waals surface area contributed by atoms with Gasteiger partial charge in [-0.3, -0.25) is 4.79 Å². The average Bonchev–Trinajstić information content (AvgIpc) is 3.09. The van der Waals surface area contributed by atoms with E-state index in [-0.39, 0.29) is 24.0 Å². The Kier molecular flexibility index (Phi) is 4.37. The summed E-state index contributed by atoms with van der Waals surface area (Å²) in [6.07, 6.45) is 1.66. The first kappa shape index (κ1) is 13.8. The zero-order chi connectivity index (χ0) is 13.8. The van der Waals surface area contributed by atoms with Gasteiger partial charge in [-0.1, -0.05) is 6.07 Å². The second-order valence-electron chi connectivity index (χ2n) is 4.88. The highest BCUT2D eigenvalue weighted by atomic mass is 19.1. The van der Waals surface area contributed by atoms with E-state index in [2.05, 4.69) is 0 Å². The maximum atomic E-state index is 13.8. The van der Waals surface area contributed by atoms with E-state index in [1.165, 1.54) is 6.07 Å². The smallest absolute Gasteiger partial charge is 0.303 e. The van der Waals surface area contributed by atoms with E-state index in [1.54, 1.807) is 6.07 Å². The lowest BCUT2D eigenvalue weighted by Crippen LogP contribution is -2.07. The van der Waals surface area contributed by atoms with Crippen molar-refractivity contribution < 1.29 is 19.0 Å². The van der Waals surface area contributed by atoms with Gasteiger partial charge in [0.1, 0.15) is 0 Å². The van der Waals surface area contributed by atoms with Gasteiger partial charge in [-0.2, -0.15) is 0 Å². The molecule has 4 nitrogen and oxygen atoms in total. The van der Waals surface area contributed by atoms with Crippen molar-refractivity contribution in [1.29, 1.82) is 0 Å². The Labute approximate surface area is 111 Å². The molecule has 3 N–H and O–H groups in total. The van der Waals surface area contributed by atoms with E-state index < -0.39 is 11.8 Å². The van der Waals surface area contributed by atoms with E-state index in [0.717, 1.165) is 12.0 Å². The summed E-state index contributed by atoms with van der Waals surface area (Å²) >= 11 is 0. The molecular weight excluding hydrogens is 249 g/mol. The number of nitrogens with two attached hydrogens (primary N) is 1. The Hall–Kier alpha value is -1.62. The van der Waals surface area contributed by atoms with Gasteiger partial charge < -0.3 is 15.6 Å². The molecule has 1 aliphatic carbocycles. The van der Waals surface area contributed by atoms with Gasteiger partial charge in [-0.15, -0.1) is 0 Å². The number of carboxylic acid groups (broad SMARTS) is 1. The van der Waals surface area contributed by atoms with E-state index in [9.17, 15) is 9.18 Å². The van der Waals surface area contributed by atoms with Crippen LogP contribution >= 0.6 is 0 Å². The number of rotatable bonds is 7. The summed E-state index contributed by atoms with van der Waals surface area (Å²) in [7, 11) is 0. The summed E-state index contributed by atoms with van der Waals surface area (Å²) in [5.41, 5.74) is 6.19. The van der Waals surface area contributed by atoms with Gasteiger partial charge in [0.25, 0.3) is 0 Å². The first-order valence-electron chi connectivity index (χ1n) is 6.46. The van der Waals surface area contributed by atoms with Gasteiger partial charge in [-0.25, -0.2) is 4.39 Å². The molecule has 104 valence electrons. The Balaban J connectivity index is 1.94. The lowest BCUT2D eigenvalue weighted by molar-refractivity contribution is -0.137. The average molecular weight is 267 g/mol. The molecule has 0 aliphatic heterocycles. The third-order valence-corrected chi connectivity index (χ3v) is 3.35. The molecule has 2 unspecified atom stereocenters. The van der Waals surface area contributed by atoms with Gasteiger partial charge in [0, 0.05) is 6.42 Å². The molecule has 0 amide bonds. The molecule has 5 heteroatoms. The van der Waals surface area contributed by atoms with Crippen LogP contribution in [0.15, 0.2) is 18.2 Å². The van der Waals surface area contributed by atoms with Crippen LogP contribution in [0.2, 0.25) is 0 Å². The highest BCUT2D eigenvalue weighted by molar-refractivity contribution is 5.67. The largest absolute Gasteiger partial charge is 0.490 e. The van der Waals surface area contributed by atoms with Crippen LogP contribution < -0.4 is 10.5 Å². The highest BCUT2D eigenvalue weighted by Crippen LogP contribution is 2.49. The van der Waals surface area contributed by atoms with Crippen LogP contribution in [0.3, 0.4) is 0 Å². The minimum Gasteiger partial charge on any atom is -0.490 e. The Morgan fingerprint density at radius 3 is 2.95 bits per heavy atom. The molecule has 0 heterocycles. The van der Waals surface area contributed by atoms with Crippen LogP contribution in [-0.2, 0) is 4.79 Å². The molecule has 19 heavy (non-hydrogen) atoms. The fourth-order valence-electron chi connectivity index (χ4n) is 2.24. The molecule has 1 saturated carbocycles. The minimum atomic E-state index is -0.797. The molecule has 2 atom stereocenters. The Morgan fingerprint density at radius 2 is 2.32 bits per heavy atom. The molecule has 1 aromatic rings. The van der Waals surface area contributed by atoms with Crippen LogP contribution in [0.4, 0.5) is 4.39 Å². The van der Waals surface area contributed by atoms with Crippen LogP contribution in [0.25, 0.3) is 0 Å². The number of aliphatic carboxylic acids is 1. The lowest BCUT2D eigenvalue weighted by Gasteiger charge is -2.08. The number of carbonyl (C=O) groups is 1. The summed E-state index contributed by atoms with van der Waals surface area (Å²) in [5.74, 6) is -0.651.